The van der Waals surface area contributed by atoms with E-state index in [9.17, 15) is 4.79 Å². The lowest BCUT2D eigenvalue weighted by atomic mass is 10.1. The van der Waals surface area contributed by atoms with Crippen LogP contribution in [0.15, 0.2) is 78.9 Å². The first kappa shape index (κ1) is 17.5. The summed E-state index contributed by atoms with van der Waals surface area (Å²) in [4.78, 5) is 15.1. The summed E-state index contributed by atoms with van der Waals surface area (Å²) in [7, 11) is 3.14. The van der Waals surface area contributed by atoms with Crippen molar-refractivity contribution in [2.75, 3.05) is 19.1 Å². The molecule has 26 heavy (non-hydrogen) atoms. The van der Waals surface area contributed by atoms with Crippen molar-refractivity contribution in [3.8, 4) is 11.5 Å². The van der Waals surface area contributed by atoms with E-state index >= 15 is 0 Å². The Labute approximate surface area is 153 Å². The fourth-order valence-electron chi connectivity index (χ4n) is 2.74. The van der Waals surface area contributed by atoms with E-state index in [-0.39, 0.29) is 5.91 Å². The highest BCUT2D eigenvalue weighted by atomic mass is 16.5. The normalized spacial score (nSPS) is 10.2. The molecule has 0 aliphatic carbocycles. The van der Waals surface area contributed by atoms with Gasteiger partial charge in [0.25, 0.3) is 5.91 Å². The average molecular weight is 347 g/mol. The van der Waals surface area contributed by atoms with Crippen LogP contribution in [0.5, 0.6) is 11.5 Å². The highest BCUT2D eigenvalue weighted by Gasteiger charge is 2.19. The summed E-state index contributed by atoms with van der Waals surface area (Å²) in [5.74, 6) is 1.05. The van der Waals surface area contributed by atoms with Gasteiger partial charge in [-0.3, -0.25) is 4.79 Å². The van der Waals surface area contributed by atoms with Crippen LogP contribution in [0.4, 0.5) is 5.69 Å². The number of methoxy groups -OCH3 is 2. The van der Waals surface area contributed by atoms with Gasteiger partial charge in [-0.1, -0.05) is 48.5 Å². The van der Waals surface area contributed by atoms with Crippen molar-refractivity contribution in [3.63, 3.8) is 0 Å². The second kappa shape index (κ2) is 8.21. The summed E-state index contributed by atoms with van der Waals surface area (Å²) < 4.78 is 10.6. The molecule has 0 unspecified atom stereocenters. The maximum Gasteiger partial charge on any atom is 0.258 e. The van der Waals surface area contributed by atoms with Gasteiger partial charge in [0.15, 0.2) is 0 Å². The third-order valence-corrected chi connectivity index (χ3v) is 4.09. The first-order valence-corrected chi connectivity index (χ1v) is 8.35. The largest absolute Gasteiger partial charge is 0.497 e. The van der Waals surface area contributed by atoms with Gasteiger partial charge in [0, 0.05) is 17.3 Å². The number of carbonyl (C=O) groups excluding carboxylic acids is 1. The molecule has 3 rings (SSSR count). The van der Waals surface area contributed by atoms with Gasteiger partial charge in [-0.05, 0) is 29.8 Å². The van der Waals surface area contributed by atoms with Crippen LogP contribution < -0.4 is 14.4 Å². The predicted molar refractivity (Wildman–Crippen MR) is 103 cm³/mol. The third kappa shape index (κ3) is 4.03. The third-order valence-electron chi connectivity index (χ3n) is 4.09. The second-order valence-electron chi connectivity index (χ2n) is 5.81. The Morgan fingerprint density at radius 1 is 0.808 bits per heavy atom. The highest BCUT2D eigenvalue weighted by molar-refractivity contribution is 6.06. The predicted octanol–water partition coefficient (Wildman–Crippen LogP) is 4.55. The Kier molecular flexibility index (Phi) is 5.54. The zero-order valence-electron chi connectivity index (χ0n) is 14.9. The lowest BCUT2D eigenvalue weighted by Crippen LogP contribution is -2.30. The average Bonchev–Trinajstić information content (AvgIpc) is 2.72. The molecule has 4 heteroatoms. The zero-order chi connectivity index (χ0) is 18.4. The van der Waals surface area contributed by atoms with Crippen molar-refractivity contribution < 1.29 is 14.3 Å². The van der Waals surface area contributed by atoms with E-state index < -0.39 is 0 Å². The fraction of sp³-hybridized carbons (Fsp3) is 0.136. The molecule has 0 aliphatic rings. The molecule has 3 aromatic rings. The Bertz CT molecular complexity index is 841. The van der Waals surface area contributed by atoms with Gasteiger partial charge in [-0.15, -0.1) is 0 Å². The van der Waals surface area contributed by atoms with Crippen LogP contribution in [0.3, 0.4) is 0 Å². The van der Waals surface area contributed by atoms with Crippen molar-refractivity contribution in [2.24, 2.45) is 0 Å². The molecule has 0 bridgehead atoms. The van der Waals surface area contributed by atoms with Crippen molar-refractivity contribution >= 4 is 11.6 Å². The zero-order valence-corrected chi connectivity index (χ0v) is 14.9. The van der Waals surface area contributed by atoms with Crippen molar-refractivity contribution in [1.82, 2.24) is 0 Å². The number of hydrogen-bond acceptors (Lipinski definition) is 3. The Hall–Kier alpha value is -3.27. The van der Waals surface area contributed by atoms with E-state index in [2.05, 4.69) is 0 Å². The van der Waals surface area contributed by atoms with Gasteiger partial charge >= 0.3 is 0 Å². The maximum atomic E-state index is 13.3. The number of benzene rings is 3. The smallest absolute Gasteiger partial charge is 0.258 e. The highest BCUT2D eigenvalue weighted by Crippen LogP contribution is 2.26. The number of rotatable bonds is 6. The van der Waals surface area contributed by atoms with Crippen molar-refractivity contribution in [2.45, 2.75) is 6.54 Å². The van der Waals surface area contributed by atoms with Gasteiger partial charge in [0.2, 0.25) is 0 Å². The topological polar surface area (TPSA) is 38.8 Å². The standard InChI is InChI=1S/C22H21NO3/c1-25-20-13-18(14-21(15-20)26-2)22(24)23(19-11-7-4-8-12-19)16-17-9-5-3-6-10-17/h3-15H,16H2,1-2H3. The SMILES string of the molecule is COc1cc(OC)cc(C(=O)N(Cc2ccccc2)c2ccccc2)c1. The van der Waals surface area contributed by atoms with Gasteiger partial charge in [0.05, 0.1) is 20.8 Å². The molecule has 0 N–H and O–H groups in total. The first-order chi connectivity index (χ1) is 12.7. The van der Waals surface area contributed by atoms with Gasteiger partial charge in [-0.2, -0.15) is 0 Å². The molecule has 0 aromatic heterocycles. The number of ether oxygens (including phenoxy) is 2. The van der Waals surface area contributed by atoms with E-state index in [0.29, 0.717) is 23.6 Å². The lowest BCUT2D eigenvalue weighted by molar-refractivity contribution is 0.0984. The maximum absolute atomic E-state index is 13.3. The van der Waals surface area contributed by atoms with Crippen LogP contribution in [0.2, 0.25) is 0 Å². The van der Waals surface area contributed by atoms with E-state index in [1.54, 1.807) is 37.3 Å². The van der Waals surface area contributed by atoms with Crippen LogP contribution in [0.25, 0.3) is 0 Å². The van der Waals surface area contributed by atoms with Crippen molar-refractivity contribution in [1.29, 1.82) is 0 Å². The fourth-order valence-corrected chi connectivity index (χ4v) is 2.74. The van der Waals surface area contributed by atoms with E-state index in [1.165, 1.54) is 0 Å². The number of carbonyl (C=O) groups is 1. The van der Waals surface area contributed by atoms with Crippen LogP contribution in [0.1, 0.15) is 15.9 Å². The Morgan fingerprint density at radius 2 is 1.35 bits per heavy atom. The molecule has 0 saturated heterocycles. The molecule has 0 atom stereocenters. The molecule has 0 radical (unpaired) electrons. The summed E-state index contributed by atoms with van der Waals surface area (Å²) in [5.41, 5.74) is 2.41. The molecule has 0 fully saturated rings. The minimum absolute atomic E-state index is 0.114. The quantitative estimate of drug-likeness (QED) is 0.656. The first-order valence-electron chi connectivity index (χ1n) is 8.35. The summed E-state index contributed by atoms with van der Waals surface area (Å²) in [6.07, 6.45) is 0. The number of hydrogen-bond donors (Lipinski definition) is 0. The molecule has 0 aliphatic heterocycles. The van der Waals surface area contributed by atoms with E-state index in [4.69, 9.17) is 9.47 Å². The van der Waals surface area contributed by atoms with Gasteiger partial charge in [0.1, 0.15) is 11.5 Å². The molecule has 132 valence electrons. The molecule has 0 saturated carbocycles. The molecule has 0 heterocycles. The van der Waals surface area contributed by atoms with Crippen molar-refractivity contribution in [3.05, 3.63) is 90.0 Å². The molecular formula is C22H21NO3. The summed E-state index contributed by atoms with van der Waals surface area (Å²) in [6, 6.07) is 24.8. The van der Waals surface area contributed by atoms with Crippen LogP contribution in [-0.4, -0.2) is 20.1 Å². The van der Waals surface area contributed by atoms with Crippen LogP contribution >= 0.6 is 0 Å². The Balaban J connectivity index is 2.00. The monoisotopic (exact) mass is 347 g/mol. The molecular weight excluding hydrogens is 326 g/mol. The van der Waals surface area contributed by atoms with Crippen LogP contribution in [-0.2, 0) is 6.54 Å². The Morgan fingerprint density at radius 3 is 1.88 bits per heavy atom. The summed E-state index contributed by atoms with van der Waals surface area (Å²) in [6.45, 7) is 0.475. The molecule has 0 spiro atoms. The van der Waals surface area contributed by atoms with E-state index in [0.717, 1.165) is 11.3 Å². The number of para-hydroxylation sites is 1. The molecule has 4 nitrogen and oxygen atoms in total. The lowest BCUT2D eigenvalue weighted by Gasteiger charge is -2.23. The number of amides is 1. The number of anilines is 1. The van der Waals surface area contributed by atoms with E-state index in [1.807, 2.05) is 60.7 Å². The summed E-state index contributed by atoms with van der Waals surface area (Å²) in [5, 5.41) is 0. The second-order valence-corrected chi connectivity index (χ2v) is 5.81. The van der Waals surface area contributed by atoms with Gasteiger partial charge < -0.3 is 14.4 Å². The van der Waals surface area contributed by atoms with Gasteiger partial charge in [-0.25, -0.2) is 0 Å². The number of nitrogens with zero attached hydrogens (tertiary/aromatic N) is 1. The molecule has 1 amide bonds. The van der Waals surface area contributed by atoms with Crippen LogP contribution in [0, 0.1) is 0 Å². The minimum Gasteiger partial charge on any atom is -0.497 e. The summed E-state index contributed by atoms with van der Waals surface area (Å²) >= 11 is 0. The minimum atomic E-state index is -0.114. The molecule has 3 aromatic carbocycles.